The first-order chi connectivity index (χ1) is 11.1. The van der Waals surface area contributed by atoms with Crippen LogP contribution in [0.15, 0.2) is 34.3 Å². The molecule has 0 aromatic carbocycles. The van der Waals surface area contributed by atoms with Crippen molar-refractivity contribution in [3.63, 3.8) is 0 Å². The minimum atomic E-state index is -0.247. The number of rotatable bonds is 7. The lowest BCUT2D eigenvalue weighted by atomic mass is 9.82. The molecule has 0 spiro atoms. The van der Waals surface area contributed by atoms with Crippen LogP contribution in [-0.2, 0) is 4.74 Å². The van der Waals surface area contributed by atoms with E-state index < -0.39 is 0 Å². The van der Waals surface area contributed by atoms with Gasteiger partial charge in [0.1, 0.15) is 0 Å². The maximum absolute atomic E-state index is 12.6. The zero-order valence-corrected chi connectivity index (χ0v) is 14.6. The summed E-state index contributed by atoms with van der Waals surface area (Å²) in [6, 6.07) is 3.45. The third kappa shape index (κ3) is 4.22. The van der Waals surface area contributed by atoms with E-state index in [0.717, 1.165) is 12.8 Å². The molecule has 0 N–H and O–H groups in total. The molecule has 3 atom stereocenters. The molecular formula is C17H23N3O2S. The SMILES string of the molecule is CCC(CC)O[C@@H]1C=C(C(=O)c2cccs2)C[C@H](N=[N+]=[N-])[C@H]1C. The van der Waals surface area contributed by atoms with E-state index in [-0.39, 0.29) is 30.0 Å². The molecule has 0 aliphatic heterocycles. The molecule has 0 saturated carbocycles. The highest BCUT2D eigenvalue weighted by molar-refractivity contribution is 7.12. The molecule has 0 radical (unpaired) electrons. The number of hydrogen-bond donors (Lipinski definition) is 0. The van der Waals surface area contributed by atoms with Gasteiger partial charge in [0.2, 0.25) is 0 Å². The predicted molar refractivity (Wildman–Crippen MR) is 92.7 cm³/mol. The van der Waals surface area contributed by atoms with Crippen molar-refractivity contribution < 1.29 is 9.53 Å². The number of carbonyl (C=O) groups is 1. The lowest BCUT2D eigenvalue weighted by molar-refractivity contribution is -0.0247. The van der Waals surface area contributed by atoms with E-state index >= 15 is 0 Å². The molecular weight excluding hydrogens is 310 g/mol. The molecule has 0 amide bonds. The molecule has 1 aliphatic rings. The van der Waals surface area contributed by atoms with Gasteiger partial charge in [-0.1, -0.05) is 32.0 Å². The maximum atomic E-state index is 12.6. The Kier molecular flexibility index (Phi) is 6.39. The number of azide groups is 1. The van der Waals surface area contributed by atoms with Crippen molar-refractivity contribution in [3.05, 3.63) is 44.5 Å². The van der Waals surface area contributed by atoms with E-state index in [2.05, 4.69) is 23.9 Å². The fourth-order valence-electron chi connectivity index (χ4n) is 2.86. The van der Waals surface area contributed by atoms with Crippen molar-refractivity contribution in [1.82, 2.24) is 0 Å². The standard InChI is InChI=1S/C17H23N3O2S/c1-4-13(5-2)22-15-10-12(9-14(11(15)3)19-20-18)17(21)16-7-6-8-23-16/h6-8,10-11,13-15H,4-5,9H2,1-3H3/t11-,14+,15-/m1/s1. The van der Waals surface area contributed by atoms with Crippen LogP contribution < -0.4 is 0 Å². The maximum Gasteiger partial charge on any atom is 0.198 e. The minimum Gasteiger partial charge on any atom is -0.371 e. The quantitative estimate of drug-likeness (QED) is 0.299. The Labute approximate surface area is 141 Å². The van der Waals surface area contributed by atoms with Crippen LogP contribution in [-0.4, -0.2) is 24.0 Å². The molecule has 0 unspecified atom stereocenters. The lowest BCUT2D eigenvalue weighted by Gasteiger charge is -2.34. The van der Waals surface area contributed by atoms with Crippen molar-refractivity contribution >= 4 is 17.1 Å². The number of ketones is 1. The highest BCUT2D eigenvalue weighted by Gasteiger charge is 2.33. The van der Waals surface area contributed by atoms with Crippen LogP contribution in [0.2, 0.25) is 0 Å². The molecule has 1 heterocycles. The van der Waals surface area contributed by atoms with Gasteiger partial charge in [0.05, 0.1) is 17.1 Å². The lowest BCUT2D eigenvalue weighted by Crippen LogP contribution is -2.37. The van der Waals surface area contributed by atoms with E-state index in [0.29, 0.717) is 16.9 Å². The Morgan fingerprint density at radius 2 is 2.26 bits per heavy atom. The molecule has 5 nitrogen and oxygen atoms in total. The van der Waals surface area contributed by atoms with Crippen LogP contribution in [0, 0.1) is 5.92 Å². The summed E-state index contributed by atoms with van der Waals surface area (Å²) < 4.78 is 6.17. The van der Waals surface area contributed by atoms with Gasteiger partial charge in [0, 0.05) is 11.0 Å². The van der Waals surface area contributed by atoms with Crippen molar-refractivity contribution in [2.24, 2.45) is 11.0 Å². The molecule has 1 aromatic rings. The van der Waals surface area contributed by atoms with Crippen molar-refractivity contribution in [2.45, 2.75) is 58.3 Å². The first-order valence-corrected chi connectivity index (χ1v) is 8.97. The highest BCUT2D eigenvalue weighted by Crippen LogP contribution is 2.32. The fourth-order valence-corrected chi connectivity index (χ4v) is 3.56. The molecule has 1 aliphatic carbocycles. The summed E-state index contributed by atoms with van der Waals surface area (Å²) in [6.07, 6.45) is 4.23. The minimum absolute atomic E-state index is 0.0168. The van der Waals surface area contributed by atoms with Crippen LogP contribution in [0.4, 0.5) is 0 Å². The largest absolute Gasteiger partial charge is 0.371 e. The predicted octanol–water partition coefficient (Wildman–Crippen LogP) is 5.15. The van der Waals surface area contributed by atoms with Crippen LogP contribution in [0.3, 0.4) is 0 Å². The van der Waals surface area contributed by atoms with Gasteiger partial charge in [0.15, 0.2) is 5.78 Å². The first-order valence-electron chi connectivity index (χ1n) is 8.09. The van der Waals surface area contributed by atoms with E-state index in [1.807, 2.05) is 30.5 Å². The van der Waals surface area contributed by atoms with Crippen LogP contribution in [0.25, 0.3) is 10.4 Å². The van der Waals surface area contributed by atoms with E-state index in [9.17, 15) is 4.79 Å². The molecule has 23 heavy (non-hydrogen) atoms. The third-order valence-electron chi connectivity index (χ3n) is 4.42. The molecule has 0 bridgehead atoms. The average molecular weight is 333 g/mol. The van der Waals surface area contributed by atoms with Crippen LogP contribution in [0.5, 0.6) is 0 Å². The fraction of sp³-hybridized carbons (Fsp3) is 0.588. The van der Waals surface area contributed by atoms with Gasteiger partial charge < -0.3 is 4.74 Å². The summed E-state index contributed by atoms with van der Waals surface area (Å²) in [4.78, 5) is 16.3. The summed E-state index contributed by atoms with van der Waals surface area (Å²) in [5.41, 5.74) is 9.51. The second-order valence-corrected chi connectivity index (χ2v) is 6.82. The summed E-state index contributed by atoms with van der Waals surface area (Å²) >= 11 is 1.43. The normalized spacial score (nSPS) is 24.2. The summed E-state index contributed by atoms with van der Waals surface area (Å²) in [6.45, 7) is 6.21. The number of hydrogen-bond acceptors (Lipinski definition) is 4. The van der Waals surface area contributed by atoms with Gasteiger partial charge in [-0.3, -0.25) is 4.79 Å². The van der Waals surface area contributed by atoms with E-state index in [1.165, 1.54) is 11.3 Å². The highest BCUT2D eigenvalue weighted by atomic mass is 32.1. The molecule has 2 rings (SSSR count). The second kappa shape index (κ2) is 8.29. The monoisotopic (exact) mass is 333 g/mol. The zero-order chi connectivity index (χ0) is 16.8. The molecule has 124 valence electrons. The Balaban J connectivity index is 2.28. The van der Waals surface area contributed by atoms with Crippen molar-refractivity contribution in [1.29, 1.82) is 0 Å². The topological polar surface area (TPSA) is 75.1 Å². The number of nitrogens with zero attached hydrogens (tertiary/aromatic N) is 3. The summed E-state index contributed by atoms with van der Waals surface area (Å²) in [7, 11) is 0. The van der Waals surface area contributed by atoms with Crippen LogP contribution in [0.1, 0.15) is 49.7 Å². The third-order valence-corrected chi connectivity index (χ3v) is 5.29. The van der Waals surface area contributed by atoms with Crippen LogP contribution >= 0.6 is 11.3 Å². The Morgan fingerprint density at radius 1 is 1.52 bits per heavy atom. The van der Waals surface area contributed by atoms with Gasteiger partial charge in [0.25, 0.3) is 0 Å². The van der Waals surface area contributed by atoms with Gasteiger partial charge in [-0.15, -0.1) is 11.3 Å². The summed E-state index contributed by atoms with van der Waals surface area (Å²) in [5.74, 6) is 0.0783. The van der Waals surface area contributed by atoms with Gasteiger partial charge in [-0.25, -0.2) is 0 Å². The van der Waals surface area contributed by atoms with Gasteiger partial charge >= 0.3 is 0 Å². The average Bonchev–Trinajstić information content (AvgIpc) is 3.09. The smallest absolute Gasteiger partial charge is 0.198 e. The first kappa shape index (κ1) is 17.7. The number of ether oxygens (including phenoxy) is 1. The Hall–Kier alpha value is -1.62. The van der Waals surface area contributed by atoms with Crippen molar-refractivity contribution in [3.8, 4) is 0 Å². The molecule has 6 heteroatoms. The molecule has 1 aromatic heterocycles. The zero-order valence-electron chi connectivity index (χ0n) is 13.8. The number of thiophene rings is 1. The number of Topliss-reactive ketones (excluding diaryl/α,β-unsaturated/α-hetero) is 1. The molecule has 0 saturated heterocycles. The number of carbonyl (C=O) groups excluding carboxylic acids is 1. The van der Waals surface area contributed by atoms with E-state index in [4.69, 9.17) is 10.3 Å². The Morgan fingerprint density at radius 3 is 2.83 bits per heavy atom. The van der Waals surface area contributed by atoms with Gasteiger partial charge in [-0.05, 0) is 53.8 Å². The second-order valence-electron chi connectivity index (χ2n) is 5.87. The van der Waals surface area contributed by atoms with Gasteiger partial charge in [-0.2, -0.15) is 0 Å². The summed E-state index contributed by atoms with van der Waals surface area (Å²) in [5, 5.41) is 5.79. The van der Waals surface area contributed by atoms with E-state index in [1.54, 1.807) is 0 Å². The Bertz CT molecular complexity index is 601. The van der Waals surface area contributed by atoms with Crippen molar-refractivity contribution in [2.75, 3.05) is 0 Å². The molecule has 0 fully saturated rings.